The van der Waals surface area contributed by atoms with Crippen LogP contribution in [0.25, 0.3) is 10.4 Å². The molecule has 0 atom stereocenters. The van der Waals surface area contributed by atoms with E-state index >= 15 is 0 Å². The van der Waals surface area contributed by atoms with Gasteiger partial charge in [-0.1, -0.05) is 42.7 Å². The van der Waals surface area contributed by atoms with E-state index in [0.29, 0.717) is 23.2 Å². The first-order chi connectivity index (χ1) is 15.8. The Morgan fingerprint density at radius 1 is 1.06 bits per heavy atom. The molecule has 9 heteroatoms. The number of hydrogen-bond acceptors (Lipinski definition) is 7. The lowest BCUT2D eigenvalue weighted by Crippen LogP contribution is -2.21. The molecule has 0 saturated heterocycles. The average molecular weight is 487 g/mol. The Balaban J connectivity index is 1.61. The highest BCUT2D eigenvalue weighted by molar-refractivity contribution is 7.92. The number of ether oxygens (including phenoxy) is 1. The van der Waals surface area contributed by atoms with Gasteiger partial charge in [-0.3, -0.25) is 4.72 Å². The van der Waals surface area contributed by atoms with Gasteiger partial charge < -0.3 is 10.1 Å². The van der Waals surface area contributed by atoms with Crippen molar-refractivity contribution < 1.29 is 13.2 Å². The van der Waals surface area contributed by atoms with E-state index in [4.69, 9.17) is 9.72 Å². The second kappa shape index (κ2) is 9.69. The molecule has 0 aliphatic heterocycles. The predicted octanol–water partition coefficient (Wildman–Crippen LogP) is 5.68. The highest BCUT2D eigenvalue weighted by Crippen LogP contribution is 2.36. The van der Waals surface area contributed by atoms with Gasteiger partial charge in [0.2, 0.25) is 5.88 Å². The SMILES string of the molecule is COc1cc(C)c(NS(=O)(=O)c2cc(-c3sc(NC4CCCCC4)nc3C)ccc2C)cn1. The third-order valence-electron chi connectivity index (χ3n) is 6.01. The third-order valence-corrected chi connectivity index (χ3v) is 8.65. The number of anilines is 2. The summed E-state index contributed by atoms with van der Waals surface area (Å²) < 4.78 is 34.3. The fraction of sp³-hybridized carbons (Fsp3) is 0.417. The summed E-state index contributed by atoms with van der Waals surface area (Å²) in [7, 11) is -2.28. The number of methoxy groups -OCH3 is 1. The highest BCUT2D eigenvalue weighted by atomic mass is 32.2. The van der Waals surface area contributed by atoms with Crippen LogP contribution in [0, 0.1) is 20.8 Å². The number of benzene rings is 1. The van der Waals surface area contributed by atoms with Crippen molar-refractivity contribution in [2.45, 2.75) is 63.8 Å². The maximum absolute atomic E-state index is 13.3. The molecule has 7 nitrogen and oxygen atoms in total. The number of aromatic nitrogens is 2. The smallest absolute Gasteiger partial charge is 0.262 e. The van der Waals surface area contributed by atoms with E-state index in [1.54, 1.807) is 30.4 Å². The zero-order valence-electron chi connectivity index (χ0n) is 19.4. The molecule has 1 fully saturated rings. The number of pyridine rings is 1. The molecule has 1 aliphatic rings. The molecule has 33 heavy (non-hydrogen) atoms. The Morgan fingerprint density at radius 2 is 1.82 bits per heavy atom. The third kappa shape index (κ3) is 5.30. The van der Waals surface area contributed by atoms with Gasteiger partial charge in [0.25, 0.3) is 10.0 Å². The first-order valence-electron chi connectivity index (χ1n) is 11.2. The molecule has 0 spiro atoms. The highest BCUT2D eigenvalue weighted by Gasteiger charge is 2.21. The molecule has 4 rings (SSSR count). The van der Waals surface area contributed by atoms with Crippen molar-refractivity contribution in [2.24, 2.45) is 0 Å². The number of sulfonamides is 1. The summed E-state index contributed by atoms with van der Waals surface area (Å²) >= 11 is 1.58. The summed E-state index contributed by atoms with van der Waals surface area (Å²) in [5.74, 6) is 0.437. The maximum atomic E-state index is 13.3. The average Bonchev–Trinajstić information content (AvgIpc) is 3.15. The lowest BCUT2D eigenvalue weighted by atomic mass is 9.96. The Labute approximate surface area is 199 Å². The van der Waals surface area contributed by atoms with Crippen molar-refractivity contribution in [1.82, 2.24) is 9.97 Å². The van der Waals surface area contributed by atoms with Gasteiger partial charge in [0.15, 0.2) is 5.13 Å². The summed E-state index contributed by atoms with van der Waals surface area (Å²) in [5, 5.41) is 4.48. The van der Waals surface area contributed by atoms with Gasteiger partial charge in [0.05, 0.1) is 34.5 Å². The molecule has 1 aliphatic carbocycles. The van der Waals surface area contributed by atoms with Crippen molar-refractivity contribution in [2.75, 3.05) is 17.1 Å². The molecule has 1 aromatic carbocycles. The lowest BCUT2D eigenvalue weighted by Gasteiger charge is -2.22. The quantitative estimate of drug-likeness (QED) is 0.446. The fourth-order valence-corrected chi connectivity index (χ4v) is 6.55. The molecule has 1 saturated carbocycles. The second-order valence-corrected chi connectivity index (χ2v) is 11.2. The number of nitrogens with one attached hydrogen (secondary N) is 2. The van der Waals surface area contributed by atoms with Crippen LogP contribution in [0.1, 0.15) is 48.9 Å². The molecule has 2 heterocycles. The van der Waals surface area contributed by atoms with Crippen LogP contribution in [0.4, 0.5) is 10.8 Å². The summed E-state index contributed by atoms with van der Waals surface area (Å²) in [6.07, 6.45) is 7.63. The molecule has 2 N–H and O–H groups in total. The molecule has 3 aromatic rings. The van der Waals surface area contributed by atoms with Crippen molar-refractivity contribution >= 4 is 32.2 Å². The van der Waals surface area contributed by atoms with Gasteiger partial charge in [-0.25, -0.2) is 18.4 Å². The van der Waals surface area contributed by atoms with Crippen LogP contribution >= 0.6 is 11.3 Å². The van der Waals surface area contributed by atoms with E-state index in [1.165, 1.54) is 45.4 Å². The molecule has 0 radical (unpaired) electrons. The topological polar surface area (TPSA) is 93.2 Å². The van der Waals surface area contributed by atoms with Crippen LogP contribution in [0.2, 0.25) is 0 Å². The van der Waals surface area contributed by atoms with E-state index < -0.39 is 10.0 Å². The van der Waals surface area contributed by atoms with Gasteiger partial charge in [-0.15, -0.1) is 0 Å². The summed E-state index contributed by atoms with van der Waals surface area (Å²) in [6, 6.07) is 7.70. The lowest BCUT2D eigenvalue weighted by molar-refractivity contribution is 0.397. The van der Waals surface area contributed by atoms with Gasteiger partial charge in [0.1, 0.15) is 0 Å². The van der Waals surface area contributed by atoms with Crippen molar-refractivity contribution in [3.8, 4) is 16.3 Å². The van der Waals surface area contributed by atoms with Crippen LogP contribution in [0.5, 0.6) is 5.88 Å². The summed E-state index contributed by atoms with van der Waals surface area (Å²) in [5.41, 5.74) is 3.57. The van der Waals surface area contributed by atoms with Gasteiger partial charge >= 0.3 is 0 Å². The van der Waals surface area contributed by atoms with Gasteiger partial charge in [-0.2, -0.15) is 0 Å². The Morgan fingerprint density at radius 3 is 2.52 bits per heavy atom. The second-order valence-electron chi connectivity index (χ2n) is 8.54. The van der Waals surface area contributed by atoms with Crippen molar-refractivity contribution in [1.29, 1.82) is 0 Å². The van der Waals surface area contributed by atoms with E-state index in [1.807, 2.05) is 26.0 Å². The number of aryl methyl sites for hydroxylation is 3. The standard InChI is InChI=1S/C24H30N4O3S2/c1-15-10-11-18(23-17(3)26-24(32-23)27-19-8-6-5-7-9-19)13-21(15)33(29,30)28-20-14-25-22(31-4)12-16(20)2/h10-14,19,28H,5-9H2,1-4H3,(H,26,27). The van der Waals surface area contributed by atoms with Crippen LogP contribution < -0.4 is 14.8 Å². The fourth-order valence-electron chi connectivity index (χ4n) is 4.13. The van der Waals surface area contributed by atoms with E-state index in [9.17, 15) is 8.42 Å². The summed E-state index contributed by atoms with van der Waals surface area (Å²) in [6.45, 7) is 5.58. The normalized spacial score (nSPS) is 14.8. The molecular formula is C24H30N4O3S2. The van der Waals surface area contributed by atoms with Crippen LogP contribution in [0.15, 0.2) is 35.4 Å². The number of hydrogen-bond donors (Lipinski definition) is 2. The van der Waals surface area contributed by atoms with Gasteiger partial charge in [-0.05, 0) is 56.4 Å². The minimum absolute atomic E-state index is 0.241. The van der Waals surface area contributed by atoms with E-state index in [0.717, 1.165) is 26.8 Å². The largest absolute Gasteiger partial charge is 0.481 e. The zero-order chi connectivity index (χ0) is 23.6. The minimum Gasteiger partial charge on any atom is -0.481 e. The van der Waals surface area contributed by atoms with Crippen LogP contribution in [-0.2, 0) is 10.0 Å². The first-order valence-corrected chi connectivity index (χ1v) is 13.5. The number of thiazole rings is 1. The number of nitrogens with zero attached hydrogens (tertiary/aromatic N) is 2. The Kier molecular flexibility index (Phi) is 6.90. The zero-order valence-corrected chi connectivity index (χ0v) is 21.1. The van der Waals surface area contributed by atoms with E-state index in [2.05, 4.69) is 15.0 Å². The number of rotatable bonds is 7. The molecule has 0 unspecified atom stereocenters. The Hall–Kier alpha value is -2.65. The molecule has 2 aromatic heterocycles. The minimum atomic E-state index is -3.81. The predicted molar refractivity (Wildman–Crippen MR) is 134 cm³/mol. The monoisotopic (exact) mass is 486 g/mol. The molecule has 176 valence electrons. The molecule has 0 amide bonds. The Bertz CT molecular complexity index is 1250. The van der Waals surface area contributed by atoms with Gasteiger partial charge in [0, 0.05) is 12.1 Å². The van der Waals surface area contributed by atoms with Crippen LogP contribution in [0.3, 0.4) is 0 Å². The molecule has 0 bridgehead atoms. The van der Waals surface area contributed by atoms with Crippen molar-refractivity contribution in [3.05, 3.63) is 47.3 Å². The summed E-state index contributed by atoms with van der Waals surface area (Å²) in [4.78, 5) is 10.1. The van der Waals surface area contributed by atoms with Crippen molar-refractivity contribution in [3.63, 3.8) is 0 Å². The maximum Gasteiger partial charge on any atom is 0.262 e. The van der Waals surface area contributed by atoms with Crippen LogP contribution in [-0.4, -0.2) is 31.5 Å². The first kappa shape index (κ1) is 23.5. The molecular weight excluding hydrogens is 456 g/mol. The van der Waals surface area contributed by atoms with E-state index in [-0.39, 0.29) is 4.90 Å².